The fourth-order valence-electron chi connectivity index (χ4n) is 2.19. The standard InChI is InChI=1S/C16H13BrN4O2S/c1-23-10-7-5-9(6-8-10)18-16(24)21-20-14-13-11(17)3-2-4-12(13)19-15(14)22/h2-8,19,22H,1H3,(H,18,24). The molecule has 0 fully saturated rings. The summed E-state index contributed by atoms with van der Waals surface area (Å²) in [7, 11) is 1.60. The highest BCUT2D eigenvalue weighted by molar-refractivity contribution is 9.10. The van der Waals surface area contributed by atoms with Crippen molar-refractivity contribution < 1.29 is 9.84 Å². The number of H-pyrrole nitrogens is 1. The van der Waals surface area contributed by atoms with Crippen LogP contribution in [0.15, 0.2) is 57.2 Å². The first-order valence-corrected chi connectivity index (χ1v) is 8.14. The van der Waals surface area contributed by atoms with Gasteiger partial charge in [-0.1, -0.05) is 22.0 Å². The first-order chi connectivity index (χ1) is 11.6. The van der Waals surface area contributed by atoms with Crippen molar-refractivity contribution in [2.24, 2.45) is 10.2 Å². The van der Waals surface area contributed by atoms with Crippen molar-refractivity contribution in [3.8, 4) is 11.6 Å². The Morgan fingerprint density at radius 1 is 1.25 bits per heavy atom. The molecule has 1 heterocycles. The summed E-state index contributed by atoms with van der Waals surface area (Å²) in [5.41, 5.74) is 1.85. The van der Waals surface area contributed by atoms with Crippen LogP contribution in [0.2, 0.25) is 0 Å². The molecule has 3 rings (SSSR count). The summed E-state index contributed by atoms with van der Waals surface area (Å²) >= 11 is 8.61. The first-order valence-electron chi connectivity index (χ1n) is 6.94. The minimum Gasteiger partial charge on any atom is -0.497 e. The molecule has 2 aromatic carbocycles. The third kappa shape index (κ3) is 3.39. The first kappa shape index (κ1) is 16.4. The maximum atomic E-state index is 10.0. The number of aromatic nitrogens is 1. The van der Waals surface area contributed by atoms with Gasteiger partial charge in [0, 0.05) is 15.5 Å². The topological polar surface area (TPSA) is 82.0 Å². The van der Waals surface area contributed by atoms with Crippen LogP contribution in [0.3, 0.4) is 0 Å². The zero-order valence-electron chi connectivity index (χ0n) is 12.6. The highest BCUT2D eigenvalue weighted by Gasteiger charge is 2.13. The lowest BCUT2D eigenvalue weighted by molar-refractivity contribution is 0.415. The fraction of sp³-hybridized carbons (Fsp3) is 0.0625. The van der Waals surface area contributed by atoms with Gasteiger partial charge in [-0.3, -0.25) is 0 Å². The molecule has 0 aliphatic carbocycles. The molecule has 0 saturated heterocycles. The van der Waals surface area contributed by atoms with Crippen molar-refractivity contribution in [2.45, 2.75) is 0 Å². The van der Waals surface area contributed by atoms with Crippen molar-refractivity contribution in [1.29, 1.82) is 0 Å². The molecule has 0 amide bonds. The number of azo groups is 1. The number of nitrogens with one attached hydrogen (secondary N) is 2. The average molecular weight is 405 g/mol. The van der Waals surface area contributed by atoms with E-state index in [0.29, 0.717) is 5.69 Å². The Bertz CT molecular complexity index is 922. The smallest absolute Gasteiger partial charge is 0.218 e. The van der Waals surface area contributed by atoms with Gasteiger partial charge in [-0.25, -0.2) is 0 Å². The summed E-state index contributed by atoms with van der Waals surface area (Å²) in [5.74, 6) is 0.689. The van der Waals surface area contributed by atoms with E-state index < -0.39 is 0 Å². The lowest BCUT2D eigenvalue weighted by Crippen LogP contribution is -2.04. The lowest BCUT2D eigenvalue weighted by Gasteiger charge is -2.04. The Labute approximate surface area is 151 Å². The van der Waals surface area contributed by atoms with Gasteiger partial charge in [0.2, 0.25) is 11.0 Å². The van der Waals surface area contributed by atoms with Gasteiger partial charge in [0.25, 0.3) is 0 Å². The highest BCUT2D eigenvalue weighted by Crippen LogP contribution is 2.39. The predicted octanol–water partition coefficient (Wildman–Crippen LogP) is 5.13. The molecular weight excluding hydrogens is 392 g/mol. The van der Waals surface area contributed by atoms with Crippen LogP contribution in [0.4, 0.5) is 11.4 Å². The minimum atomic E-state index is -0.0621. The van der Waals surface area contributed by atoms with Crippen molar-refractivity contribution >= 4 is 55.5 Å². The zero-order valence-corrected chi connectivity index (χ0v) is 15.0. The largest absolute Gasteiger partial charge is 0.497 e. The predicted molar refractivity (Wildman–Crippen MR) is 101 cm³/mol. The maximum Gasteiger partial charge on any atom is 0.218 e. The summed E-state index contributed by atoms with van der Waals surface area (Å²) < 4.78 is 5.90. The number of rotatable bonds is 3. The van der Waals surface area contributed by atoms with E-state index in [9.17, 15) is 5.11 Å². The Morgan fingerprint density at radius 3 is 2.71 bits per heavy atom. The number of aromatic amines is 1. The molecule has 0 atom stereocenters. The third-order valence-electron chi connectivity index (χ3n) is 3.31. The molecule has 0 unspecified atom stereocenters. The van der Waals surface area contributed by atoms with E-state index >= 15 is 0 Å². The molecular formula is C16H13BrN4O2S. The van der Waals surface area contributed by atoms with Gasteiger partial charge in [-0.2, -0.15) is 0 Å². The number of thiocarbonyl (C=S) groups is 1. The number of fused-ring (bicyclic) bond motifs is 1. The zero-order chi connectivity index (χ0) is 17.1. The van der Waals surface area contributed by atoms with Crippen LogP contribution in [-0.4, -0.2) is 22.3 Å². The number of anilines is 1. The van der Waals surface area contributed by atoms with Gasteiger partial charge in [0.1, 0.15) is 5.75 Å². The fourth-order valence-corrected chi connectivity index (χ4v) is 2.90. The van der Waals surface area contributed by atoms with E-state index in [1.807, 2.05) is 42.5 Å². The Hall–Kier alpha value is -2.45. The normalized spacial score (nSPS) is 11.1. The monoisotopic (exact) mass is 404 g/mol. The van der Waals surface area contributed by atoms with E-state index in [4.69, 9.17) is 17.0 Å². The minimum absolute atomic E-state index is 0.0621. The van der Waals surface area contributed by atoms with Crippen molar-refractivity contribution in [1.82, 2.24) is 4.98 Å². The molecule has 0 aliphatic heterocycles. The molecule has 3 N–H and O–H groups in total. The molecule has 24 heavy (non-hydrogen) atoms. The molecule has 0 bridgehead atoms. The van der Waals surface area contributed by atoms with Crippen LogP contribution >= 0.6 is 28.1 Å². The summed E-state index contributed by atoms with van der Waals surface area (Å²) in [6.45, 7) is 0. The molecule has 0 saturated carbocycles. The van der Waals surface area contributed by atoms with E-state index in [-0.39, 0.29) is 11.0 Å². The molecule has 8 heteroatoms. The SMILES string of the molecule is COc1ccc(NC(=S)N=Nc2c(O)[nH]c3cccc(Br)c23)cc1. The lowest BCUT2D eigenvalue weighted by atomic mass is 10.2. The van der Waals surface area contributed by atoms with Crippen LogP contribution in [0.1, 0.15) is 0 Å². The number of ether oxygens (including phenoxy) is 1. The second-order valence-electron chi connectivity index (χ2n) is 4.84. The van der Waals surface area contributed by atoms with Crippen molar-refractivity contribution in [3.63, 3.8) is 0 Å². The quantitative estimate of drug-likeness (QED) is 0.417. The Balaban J connectivity index is 1.80. The summed E-state index contributed by atoms with van der Waals surface area (Å²) in [5, 5.41) is 21.9. The molecule has 1 aromatic heterocycles. The molecule has 0 aliphatic rings. The highest BCUT2D eigenvalue weighted by atomic mass is 79.9. The molecule has 3 aromatic rings. The van der Waals surface area contributed by atoms with Crippen molar-refractivity contribution in [2.75, 3.05) is 12.4 Å². The van der Waals surface area contributed by atoms with Crippen LogP contribution in [0.5, 0.6) is 11.6 Å². The van der Waals surface area contributed by atoms with Gasteiger partial charge in [-0.05, 0) is 48.6 Å². The van der Waals surface area contributed by atoms with E-state index in [1.165, 1.54) is 0 Å². The van der Waals surface area contributed by atoms with E-state index in [2.05, 4.69) is 36.5 Å². The molecule has 6 nitrogen and oxygen atoms in total. The van der Waals surface area contributed by atoms with Gasteiger partial charge >= 0.3 is 0 Å². The Morgan fingerprint density at radius 2 is 2.00 bits per heavy atom. The Kier molecular flexibility index (Phi) is 4.77. The summed E-state index contributed by atoms with van der Waals surface area (Å²) in [6.07, 6.45) is 0. The van der Waals surface area contributed by atoms with E-state index in [1.54, 1.807) is 7.11 Å². The average Bonchev–Trinajstić information content (AvgIpc) is 2.90. The van der Waals surface area contributed by atoms with Crippen LogP contribution < -0.4 is 10.1 Å². The van der Waals surface area contributed by atoms with Crippen LogP contribution in [0, 0.1) is 0 Å². The van der Waals surface area contributed by atoms with Crippen LogP contribution in [0.25, 0.3) is 10.9 Å². The number of hydrogen-bond donors (Lipinski definition) is 3. The molecule has 0 radical (unpaired) electrons. The van der Waals surface area contributed by atoms with Gasteiger partial charge in [0.05, 0.1) is 12.6 Å². The number of benzene rings is 2. The third-order valence-corrected chi connectivity index (χ3v) is 4.15. The van der Waals surface area contributed by atoms with Gasteiger partial charge in [-0.15, -0.1) is 10.2 Å². The maximum absolute atomic E-state index is 10.0. The second kappa shape index (κ2) is 6.98. The van der Waals surface area contributed by atoms with Gasteiger partial charge < -0.3 is 20.1 Å². The van der Waals surface area contributed by atoms with Gasteiger partial charge in [0.15, 0.2) is 5.69 Å². The molecule has 0 spiro atoms. The number of nitrogens with zero attached hydrogens (tertiary/aromatic N) is 2. The second-order valence-corrected chi connectivity index (χ2v) is 6.08. The van der Waals surface area contributed by atoms with E-state index in [0.717, 1.165) is 26.8 Å². The number of hydrogen-bond acceptors (Lipinski definition) is 4. The van der Waals surface area contributed by atoms with Crippen LogP contribution in [-0.2, 0) is 0 Å². The summed E-state index contributed by atoms with van der Waals surface area (Å²) in [6, 6.07) is 12.8. The summed E-state index contributed by atoms with van der Waals surface area (Å²) in [4.78, 5) is 2.85. The molecule has 122 valence electrons. The van der Waals surface area contributed by atoms with Crippen molar-refractivity contribution in [3.05, 3.63) is 46.9 Å². The number of methoxy groups -OCH3 is 1. The number of aromatic hydroxyl groups is 1. The number of halogens is 1.